The predicted molar refractivity (Wildman–Crippen MR) is 128 cm³/mol. The minimum Gasteiger partial charge on any atom is -0.452 e. The van der Waals surface area contributed by atoms with Gasteiger partial charge in [-0.2, -0.15) is 0 Å². The third-order valence-corrected chi connectivity index (χ3v) is 6.48. The molecule has 0 saturated carbocycles. The molecule has 31 heavy (non-hydrogen) atoms. The molecule has 2 atom stereocenters. The quantitative estimate of drug-likeness (QED) is 0.365. The monoisotopic (exact) mass is 443 g/mol. The van der Waals surface area contributed by atoms with Crippen LogP contribution in [0, 0.1) is 6.92 Å². The second kappa shape index (κ2) is 8.57. The normalized spacial score (nSPS) is 18.2. The zero-order valence-corrected chi connectivity index (χ0v) is 18.6. The van der Waals surface area contributed by atoms with Crippen molar-refractivity contribution in [2.75, 3.05) is 4.90 Å². The van der Waals surface area contributed by atoms with Gasteiger partial charge in [-0.05, 0) is 73.2 Å². The molecule has 5 rings (SSSR count). The highest BCUT2D eigenvalue weighted by Gasteiger charge is 2.42. The van der Waals surface area contributed by atoms with Crippen LogP contribution >= 0.6 is 24.0 Å². The second-order valence-electron chi connectivity index (χ2n) is 7.41. The molecule has 4 aromatic rings. The first-order chi connectivity index (χ1) is 15.2. The number of aryl methyl sites for hydroxylation is 1. The van der Waals surface area contributed by atoms with E-state index in [1.54, 1.807) is 11.8 Å². The molecule has 2 aromatic heterocycles. The fourth-order valence-corrected chi connectivity index (χ4v) is 5.00. The van der Waals surface area contributed by atoms with E-state index in [9.17, 15) is 0 Å². The number of furan rings is 1. The first kappa shape index (κ1) is 19.8. The summed E-state index contributed by atoms with van der Waals surface area (Å²) in [7, 11) is 0. The number of rotatable bonds is 5. The molecule has 2 aromatic carbocycles. The van der Waals surface area contributed by atoms with Crippen molar-refractivity contribution in [3.63, 3.8) is 0 Å². The Morgan fingerprint density at radius 3 is 2.58 bits per heavy atom. The van der Waals surface area contributed by atoms with Crippen LogP contribution in [-0.4, -0.2) is 10.1 Å². The molecule has 1 N–H and O–H groups in total. The molecule has 0 unspecified atom stereocenters. The Labute approximate surface area is 191 Å². The van der Waals surface area contributed by atoms with Crippen LogP contribution in [0.25, 0.3) is 0 Å². The summed E-state index contributed by atoms with van der Waals surface area (Å²) in [6, 6.07) is 28.3. The van der Waals surface area contributed by atoms with Gasteiger partial charge in [-0.15, -0.1) is 0 Å². The molecule has 0 spiro atoms. The van der Waals surface area contributed by atoms with Gasteiger partial charge in [-0.3, -0.25) is 4.98 Å². The lowest BCUT2D eigenvalue weighted by atomic mass is 10.0. The van der Waals surface area contributed by atoms with Gasteiger partial charge in [0.1, 0.15) is 11.8 Å². The summed E-state index contributed by atoms with van der Waals surface area (Å²) in [6.07, 6.45) is 1.81. The Kier molecular flexibility index (Phi) is 5.49. The number of hydrogen-bond donors (Lipinski definition) is 1. The van der Waals surface area contributed by atoms with E-state index in [-0.39, 0.29) is 12.1 Å². The Hall–Kier alpha value is -3.09. The number of anilines is 1. The lowest BCUT2D eigenvalue weighted by molar-refractivity contribution is 0.383. The van der Waals surface area contributed by atoms with Crippen LogP contribution in [-0.2, 0) is 0 Å². The molecule has 1 aliphatic rings. The Morgan fingerprint density at radius 1 is 0.968 bits per heavy atom. The van der Waals surface area contributed by atoms with E-state index < -0.39 is 0 Å². The Balaban J connectivity index is 1.54. The van der Waals surface area contributed by atoms with Crippen LogP contribution in [0.15, 0.2) is 106 Å². The molecule has 1 saturated heterocycles. The summed E-state index contributed by atoms with van der Waals surface area (Å²) in [4.78, 5) is 7.87. The lowest BCUT2D eigenvalue weighted by Crippen LogP contribution is -2.29. The van der Waals surface area contributed by atoms with Gasteiger partial charge in [0.2, 0.25) is 0 Å². The molecule has 1 aliphatic heterocycles. The van der Waals surface area contributed by atoms with Crippen LogP contribution in [0.4, 0.5) is 5.69 Å². The first-order valence-corrected chi connectivity index (χ1v) is 11.3. The van der Waals surface area contributed by atoms with Crippen LogP contribution in [0.1, 0.15) is 29.1 Å². The predicted octanol–water partition coefficient (Wildman–Crippen LogP) is 6.31. The van der Waals surface area contributed by atoms with Crippen LogP contribution < -0.4 is 10.2 Å². The van der Waals surface area contributed by atoms with Crippen molar-refractivity contribution in [3.8, 4) is 0 Å². The van der Waals surface area contributed by atoms with Crippen molar-refractivity contribution in [3.05, 3.63) is 108 Å². The molecule has 0 bridgehead atoms. The zero-order valence-electron chi connectivity index (χ0n) is 16.9. The number of nitrogens with zero attached hydrogens (tertiary/aromatic N) is 2. The molecule has 154 valence electrons. The van der Waals surface area contributed by atoms with Gasteiger partial charge in [-0.1, -0.05) is 48.2 Å². The smallest absolute Gasteiger partial charge is 0.174 e. The molecule has 1 fully saturated rings. The van der Waals surface area contributed by atoms with Crippen molar-refractivity contribution in [1.29, 1.82) is 0 Å². The minimum absolute atomic E-state index is 0.116. The topological polar surface area (TPSA) is 41.3 Å². The van der Waals surface area contributed by atoms with Crippen molar-refractivity contribution < 1.29 is 4.42 Å². The molecule has 3 heterocycles. The minimum atomic E-state index is -0.144. The summed E-state index contributed by atoms with van der Waals surface area (Å²) in [5.74, 6) is 0.850. The third kappa shape index (κ3) is 4.09. The van der Waals surface area contributed by atoms with Gasteiger partial charge in [0.25, 0.3) is 0 Å². The summed E-state index contributed by atoms with van der Waals surface area (Å²) in [6.45, 7) is 2.09. The van der Waals surface area contributed by atoms with Gasteiger partial charge in [0.15, 0.2) is 10.2 Å². The van der Waals surface area contributed by atoms with E-state index in [2.05, 4.69) is 58.5 Å². The van der Waals surface area contributed by atoms with Gasteiger partial charge in [-0.25, -0.2) is 0 Å². The standard InChI is InChI=1S/C25H21N3OS2/c1-17-8-7-9-18(16-17)28-24(23(27-25(28)30)20-12-5-6-15-26-20)21-13-14-22(29-21)31-19-10-3-2-4-11-19/h2-16,23-24H,1H3,(H,27,30)/t23-,24+/m1/s1. The van der Waals surface area contributed by atoms with Gasteiger partial charge in [0.05, 0.1) is 11.7 Å². The number of aromatic nitrogens is 1. The number of nitrogens with one attached hydrogen (secondary N) is 1. The van der Waals surface area contributed by atoms with Gasteiger partial charge >= 0.3 is 0 Å². The largest absolute Gasteiger partial charge is 0.452 e. The average Bonchev–Trinajstić information content (AvgIpc) is 3.39. The fraction of sp³-hybridized carbons (Fsp3) is 0.120. The summed E-state index contributed by atoms with van der Waals surface area (Å²) >= 11 is 7.38. The van der Waals surface area contributed by atoms with E-state index in [1.807, 2.05) is 54.7 Å². The van der Waals surface area contributed by atoms with Crippen LogP contribution in [0.5, 0.6) is 0 Å². The Bertz CT molecular complexity index is 1190. The molecule has 0 amide bonds. The molecule has 4 nitrogen and oxygen atoms in total. The zero-order chi connectivity index (χ0) is 21.2. The molecular weight excluding hydrogens is 422 g/mol. The number of hydrogen-bond acceptors (Lipinski definition) is 4. The summed E-state index contributed by atoms with van der Waals surface area (Å²) < 4.78 is 6.35. The van der Waals surface area contributed by atoms with Crippen molar-refractivity contribution in [2.24, 2.45) is 0 Å². The van der Waals surface area contributed by atoms with E-state index in [1.165, 1.54) is 5.56 Å². The first-order valence-electron chi connectivity index (χ1n) is 10.1. The lowest BCUT2D eigenvalue weighted by Gasteiger charge is -2.26. The van der Waals surface area contributed by atoms with E-state index in [4.69, 9.17) is 16.6 Å². The van der Waals surface area contributed by atoms with Crippen LogP contribution in [0.2, 0.25) is 0 Å². The number of pyridine rings is 1. The third-order valence-electron chi connectivity index (χ3n) is 5.23. The van der Waals surface area contributed by atoms with Crippen molar-refractivity contribution in [1.82, 2.24) is 10.3 Å². The molecule has 6 heteroatoms. The molecule has 0 radical (unpaired) electrons. The highest BCUT2D eigenvalue weighted by Crippen LogP contribution is 2.43. The van der Waals surface area contributed by atoms with E-state index in [0.29, 0.717) is 5.11 Å². The maximum atomic E-state index is 6.35. The summed E-state index contributed by atoms with van der Waals surface area (Å²) in [5, 5.41) is 4.99. The fourth-order valence-electron chi connectivity index (χ4n) is 3.85. The average molecular weight is 444 g/mol. The van der Waals surface area contributed by atoms with Gasteiger partial charge < -0.3 is 14.6 Å². The summed E-state index contributed by atoms with van der Waals surface area (Å²) in [5.41, 5.74) is 3.15. The van der Waals surface area contributed by atoms with Crippen molar-refractivity contribution >= 4 is 34.8 Å². The number of benzene rings is 2. The van der Waals surface area contributed by atoms with E-state index in [0.717, 1.165) is 27.1 Å². The Morgan fingerprint density at radius 2 is 1.81 bits per heavy atom. The second-order valence-corrected chi connectivity index (χ2v) is 8.87. The van der Waals surface area contributed by atoms with Gasteiger partial charge in [0, 0.05) is 16.8 Å². The highest BCUT2D eigenvalue weighted by atomic mass is 32.2. The maximum absolute atomic E-state index is 6.35. The maximum Gasteiger partial charge on any atom is 0.174 e. The highest BCUT2D eigenvalue weighted by molar-refractivity contribution is 7.99. The molecular formula is C25H21N3OS2. The van der Waals surface area contributed by atoms with E-state index >= 15 is 0 Å². The van der Waals surface area contributed by atoms with Crippen LogP contribution in [0.3, 0.4) is 0 Å². The number of thiocarbonyl (C=S) groups is 1. The molecule has 0 aliphatic carbocycles. The van der Waals surface area contributed by atoms with Crippen molar-refractivity contribution in [2.45, 2.75) is 29.0 Å². The SMILES string of the molecule is Cc1cccc(N2C(=S)N[C@H](c3ccccn3)[C@@H]2c2ccc(Sc3ccccc3)o2)c1.